The number of hydrogen-bond donors (Lipinski definition) is 1. The zero-order chi connectivity index (χ0) is 17.5. The van der Waals surface area contributed by atoms with E-state index in [2.05, 4.69) is 10.1 Å². The number of amides is 1. The van der Waals surface area contributed by atoms with Gasteiger partial charge in [0.05, 0.1) is 18.2 Å². The molecule has 1 N–H and O–H groups in total. The summed E-state index contributed by atoms with van der Waals surface area (Å²) < 4.78 is 9.55. The summed E-state index contributed by atoms with van der Waals surface area (Å²) in [7, 11) is 1.25. The van der Waals surface area contributed by atoms with Gasteiger partial charge in [0.25, 0.3) is 5.91 Å². The van der Waals surface area contributed by atoms with Crippen LogP contribution < -0.4 is 5.32 Å². The van der Waals surface area contributed by atoms with Crippen molar-refractivity contribution >= 4 is 23.5 Å². The molecule has 1 amide bonds. The van der Waals surface area contributed by atoms with Gasteiger partial charge in [-0.25, -0.2) is 9.59 Å². The number of hydrogen-bond acceptors (Lipinski definition) is 5. The minimum Gasteiger partial charge on any atom is -0.465 e. The molecule has 0 atom stereocenters. The maximum absolute atomic E-state index is 12.0. The third-order valence-corrected chi connectivity index (χ3v) is 3.16. The Morgan fingerprint density at radius 2 is 1.62 bits per heavy atom. The number of esters is 2. The largest absolute Gasteiger partial charge is 0.465 e. The number of anilines is 1. The number of benzene rings is 2. The van der Waals surface area contributed by atoms with Crippen molar-refractivity contribution in [2.75, 3.05) is 19.0 Å². The molecular formula is C18H17NO5. The molecule has 2 aromatic rings. The Morgan fingerprint density at radius 3 is 2.29 bits per heavy atom. The summed E-state index contributed by atoms with van der Waals surface area (Å²) in [6.07, 6.45) is 0. The molecule has 0 aliphatic carbocycles. The first-order valence-corrected chi connectivity index (χ1v) is 7.21. The van der Waals surface area contributed by atoms with Crippen LogP contribution in [-0.2, 0) is 14.3 Å². The van der Waals surface area contributed by atoms with E-state index in [1.54, 1.807) is 12.1 Å². The molecule has 0 saturated heterocycles. The molecule has 0 heterocycles. The highest BCUT2D eigenvalue weighted by atomic mass is 16.5. The topological polar surface area (TPSA) is 81.7 Å². The lowest BCUT2D eigenvalue weighted by Crippen LogP contribution is -2.21. The number of aryl methyl sites for hydroxylation is 1. The average Bonchev–Trinajstić information content (AvgIpc) is 2.59. The summed E-state index contributed by atoms with van der Waals surface area (Å²) in [5.41, 5.74) is 2.03. The molecule has 0 spiro atoms. The Balaban J connectivity index is 1.93. The molecule has 0 radical (unpaired) electrons. The van der Waals surface area contributed by atoms with Gasteiger partial charge in [-0.1, -0.05) is 18.2 Å². The SMILES string of the molecule is COC(=O)c1cccc(C(=O)OCC(=O)Nc2cccc(C)c2)c1. The van der Waals surface area contributed by atoms with Crippen LogP contribution in [0.4, 0.5) is 5.69 Å². The van der Waals surface area contributed by atoms with E-state index in [-0.39, 0.29) is 11.1 Å². The molecule has 6 heteroatoms. The molecule has 24 heavy (non-hydrogen) atoms. The van der Waals surface area contributed by atoms with Crippen LogP contribution in [0.1, 0.15) is 26.3 Å². The van der Waals surface area contributed by atoms with Crippen molar-refractivity contribution in [3.63, 3.8) is 0 Å². The number of ether oxygens (including phenoxy) is 2. The van der Waals surface area contributed by atoms with E-state index in [0.29, 0.717) is 5.69 Å². The smallest absolute Gasteiger partial charge is 0.338 e. The maximum Gasteiger partial charge on any atom is 0.338 e. The van der Waals surface area contributed by atoms with Crippen LogP contribution in [0.15, 0.2) is 48.5 Å². The average molecular weight is 327 g/mol. The van der Waals surface area contributed by atoms with E-state index in [0.717, 1.165) is 5.56 Å². The van der Waals surface area contributed by atoms with Gasteiger partial charge in [0.2, 0.25) is 0 Å². The highest BCUT2D eigenvalue weighted by Gasteiger charge is 2.13. The van der Waals surface area contributed by atoms with Gasteiger partial charge in [0, 0.05) is 5.69 Å². The maximum atomic E-state index is 12.0. The second-order valence-electron chi connectivity index (χ2n) is 5.07. The van der Waals surface area contributed by atoms with Crippen molar-refractivity contribution in [3.05, 3.63) is 65.2 Å². The number of methoxy groups -OCH3 is 1. The Morgan fingerprint density at radius 1 is 0.958 bits per heavy atom. The van der Waals surface area contributed by atoms with Crippen LogP contribution in [0.3, 0.4) is 0 Å². The molecule has 2 rings (SSSR count). The first-order valence-electron chi connectivity index (χ1n) is 7.21. The van der Waals surface area contributed by atoms with Gasteiger partial charge in [-0.3, -0.25) is 4.79 Å². The van der Waals surface area contributed by atoms with Crippen molar-refractivity contribution in [3.8, 4) is 0 Å². The third kappa shape index (κ3) is 4.67. The summed E-state index contributed by atoms with van der Waals surface area (Å²) in [5, 5.41) is 2.64. The van der Waals surface area contributed by atoms with Crippen LogP contribution in [0, 0.1) is 6.92 Å². The number of rotatable bonds is 5. The Kier molecular flexibility index (Phi) is 5.68. The van der Waals surface area contributed by atoms with E-state index < -0.39 is 24.5 Å². The minimum absolute atomic E-state index is 0.168. The monoisotopic (exact) mass is 327 g/mol. The molecule has 0 bridgehead atoms. The highest BCUT2D eigenvalue weighted by Crippen LogP contribution is 2.10. The fourth-order valence-corrected chi connectivity index (χ4v) is 2.03. The molecule has 6 nitrogen and oxygen atoms in total. The quantitative estimate of drug-likeness (QED) is 0.854. The van der Waals surface area contributed by atoms with Gasteiger partial charge >= 0.3 is 11.9 Å². The highest BCUT2D eigenvalue weighted by molar-refractivity contribution is 5.97. The van der Waals surface area contributed by atoms with Crippen molar-refractivity contribution in [1.29, 1.82) is 0 Å². The van der Waals surface area contributed by atoms with Crippen LogP contribution in [0.2, 0.25) is 0 Å². The van der Waals surface area contributed by atoms with Crippen LogP contribution in [-0.4, -0.2) is 31.6 Å². The normalized spacial score (nSPS) is 9.92. The van der Waals surface area contributed by atoms with E-state index >= 15 is 0 Å². The predicted octanol–water partition coefficient (Wildman–Crippen LogP) is 2.58. The van der Waals surface area contributed by atoms with Gasteiger partial charge in [0.15, 0.2) is 6.61 Å². The van der Waals surface area contributed by atoms with Crippen LogP contribution >= 0.6 is 0 Å². The van der Waals surface area contributed by atoms with E-state index in [9.17, 15) is 14.4 Å². The van der Waals surface area contributed by atoms with E-state index in [1.807, 2.05) is 19.1 Å². The summed E-state index contributed by atoms with van der Waals surface area (Å²) in [4.78, 5) is 35.2. The molecule has 0 aliphatic heterocycles. The van der Waals surface area contributed by atoms with Gasteiger partial charge < -0.3 is 14.8 Å². The zero-order valence-corrected chi connectivity index (χ0v) is 13.4. The van der Waals surface area contributed by atoms with Gasteiger partial charge in [-0.2, -0.15) is 0 Å². The lowest BCUT2D eigenvalue weighted by Gasteiger charge is -2.08. The van der Waals surface area contributed by atoms with Crippen LogP contribution in [0.5, 0.6) is 0 Å². The molecule has 124 valence electrons. The second kappa shape index (κ2) is 7.92. The van der Waals surface area contributed by atoms with E-state index in [1.165, 1.54) is 31.4 Å². The summed E-state index contributed by atoms with van der Waals surface area (Å²) in [6.45, 7) is 1.49. The molecule has 0 fully saturated rings. The Hall–Kier alpha value is -3.15. The molecule has 0 unspecified atom stereocenters. The molecule has 0 aliphatic rings. The summed E-state index contributed by atoms with van der Waals surface area (Å²) in [6, 6.07) is 13.2. The third-order valence-electron chi connectivity index (χ3n) is 3.16. The standard InChI is InChI=1S/C18H17NO5/c1-12-5-3-8-15(9-12)19-16(20)11-24-18(22)14-7-4-6-13(10-14)17(21)23-2/h3-10H,11H2,1-2H3,(H,19,20). The fraction of sp³-hybridized carbons (Fsp3) is 0.167. The number of carbonyl (C=O) groups is 3. The summed E-state index contributed by atoms with van der Waals surface area (Å²) >= 11 is 0. The molecular weight excluding hydrogens is 310 g/mol. The van der Waals surface area contributed by atoms with Crippen molar-refractivity contribution in [1.82, 2.24) is 0 Å². The minimum atomic E-state index is -0.694. The lowest BCUT2D eigenvalue weighted by molar-refractivity contribution is -0.119. The first-order chi connectivity index (χ1) is 11.5. The molecule has 0 saturated carbocycles. The fourth-order valence-electron chi connectivity index (χ4n) is 2.03. The van der Waals surface area contributed by atoms with Crippen molar-refractivity contribution in [2.24, 2.45) is 0 Å². The Labute approximate surface area is 139 Å². The lowest BCUT2D eigenvalue weighted by atomic mass is 10.1. The molecule has 0 aromatic heterocycles. The summed E-state index contributed by atoms with van der Waals surface area (Å²) in [5.74, 6) is -1.69. The van der Waals surface area contributed by atoms with Crippen molar-refractivity contribution in [2.45, 2.75) is 6.92 Å². The predicted molar refractivity (Wildman–Crippen MR) is 87.9 cm³/mol. The number of carbonyl (C=O) groups excluding carboxylic acids is 3. The Bertz CT molecular complexity index is 770. The van der Waals surface area contributed by atoms with Crippen LogP contribution in [0.25, 0.3) is 0 Å². The van der Waals surface area contributed by atoms with E-state index in [4.69, 9.17) is 4.74 Å². The zero-order valence-electron chi connectivity index (χ0n) is 13.4. The molecule has 2 aromatic carbocycles. The van der Waals surface area contributed by atoms with Crippen molar-refractivity contribution < 1.29 is 23.9 Å². The van der Waals surface area contributed by atoms with Gasteiger partial charge in [0.1, 0.15) is 0 Å². The first kappa shape index (κ1) is 17.2. The second-order valence-corrected chi connectivity index (χ2v) is 5.07. The van der Waals surface area contributed by atoms with Gasteiger partial charge in [-0.15, -0.1) is 0 Å². The van der Waals surface area contributed by atoms with Gasteiger partial charge in [-0.05, 0) is 42.8 Å². The number of nitrogens with one attached hydrogen (secondary N) is 1.